The van der Waals surface area contributed by atoms with E-state index in [0.717, 1.165) is 6.07 Å². The van der Waals surface area contributed by atoms with Crippen LogP contribution in [0.4, 0.5) is 28.7 Å². The normalized spacial score (nSPS) is 12.7. The van der Waals surface area contributed by atoms with Crippen molar-refractivity contribution in [2.75, 3.05) is 16.4 Å². The standard InChI is InChI=1S/C30H21ClN6O8S2/c31-29-35-23(13-15-5-1-4-8-21(15)46(40,41)42)36-30(37-29)34-17-11-9-16(10-12-17)33-20-14-22(47(43,44)45)26(32)25-24(20)27(38)18-6-2-3-7-19(18)28(25)39/h1-12,14,33H,13,32H2,(H,40,41,42)(H,43,44,45)(H,34,35,36,37). The van der Waals surface area contributed by atoms with Crippen LogP contribution in [0.1, 0.15) is 43.2 Å². The minimum absolute atomic E-state index is 0.0261. The number of hydrogen-bond donors (Lipinski definition) is 5. The monoisotopic (exact) mass is 692 g/mol. The Kier molecular flexibility index (Phi) is 7.98. The first kappa shape index (κ1) is 31.7. The Bertz CT molecular complexity index is 2350. The van der Waals surface area contributed by atoms with Crippen molar-refractivity contribution in [1.82, 2.24) is 15.0 Å². The molecule has 0 saturated carbocycles. The van der Waals surface area contributed by atoms with Crippen LogP contribution in [0.25, 0.3) is 0 Å². The number of ketones is 2. The first-order chi connectivity index (χ1) is 22.2. The highest BCUT2D eigenvalue weighted by molar-refractivity contribution is 7.86. The van der Waals surface area contributed by atoms with Crippen molar-refractivity contribution < 1.29 is 35.5 Å². The Balaban J connectivity index is 1.30. The number of nitrogens with two attached hydrogens (primary N) is 1. The molecule has 238 valence electrons. The van der Waals surface area contributed by atoms with Crippen LogP contribution in [-0.2, 0) is 26.7 Å². The molecular formula is C30H21ClN6O8S2. The predicted molar refractivity (Wildman–Crippen MR) is 171 cm³/mol. The van der Waals surface area contributed by atoms with Crippen LogP contribution in [-0.4, -0.2) is 52.5 Å². The lowest BCUT2D eigenvalue weighted by Crippen LogP contribution is -2.25. The molecule has 6 N–H and O–H groups in total. The van der Waals surface area contributed by atoms with Gasteiger partial charge in [0.15, 0.2) is 11.6 Å². The summed E-state index contributed by atoms with van der Waals surface area (Å²) in [5.74, 6) is -1.09. The molecule has 5 aromatic rings. The lowest BCUT2D eigenvalue weighted by molar-refractivity contribution is 0.0980. The summed E-state index contributed by atoms with van der Waals surface area (Å²) >= 11 is 6.09. The van der Waals surface area contributed by atoms with Crippen LogP contribution in [0.3, 0.4) is 0 Å². The van der Waals surface area contributed by atoms with E-state index in [1.165, 1.54) is 30.3 Å². The molecule has 4 aromatic carbocycles. The summed E-state index contributed by atoms with van der Waals surface area (Å²) in [7, 11) is -9.38. The molecule has 0 atom stereocenters. The summed E-state index contributed by atoms with van der Waals surface area (Å²) in [5.41, 5.74) is 6.15. The average molecular weight is 693 g/mol. The number of fused-ring (bicyclic) bond motifs is 2. The number of halogens is 1. The van der Waals surface area contributed by atoms with E-state index in [4.69, 9.17) is 17.3 Å². The van der Waals surface area contributed by atoms with Gasteiger partial charge in [0.2, 0.25) is 11.2 Å². The third-order valence-corrected chi connectivity index (χ3v) is 9.17. The van der Waals surface area contributed by atoms with Gasteiger partial charge in [0.1, 0.15) is 10.7 Å². The van der Waals surface area contributed by atoms with E-state index in [-0.39, 0.29) is 61.9 Å². The molecule has 17 heteroatoms. The smallest absolute Gasteiger partial charge is 0.296 e. The lowest BCUT2D eigenvalue weighted by Gasteiger charge is -2.23. The predicted octanol–water partition coefficient (Wildman–Crippen LogP) is 4.45. The maximum absolute atomic E-state index is 13.5. The van der Waals surface area contributed by atoms with Crippen LogP contribution in [0.15, 0.2) is 88.7 Å². The second-order valence-corrected chi connectivity index (χ2v) is 13.3. The van der Waals surface area contributed by atoms with Gasteiger partial charge >= 0.3 is 0 Å². The highest BCUT2D eigenvalue weighted by Crippen LogP contribution is 2.40. The SMILES string of the molecule is Nc1c(S(=O)(=O)O)cc(Nc2ccc(Nc3nc(Cl)nc(Cc4ccccc4S(=O)(=O)O)n3)cc2)c2c1C(=O)c1ccccc1C2=O. The molecule has 1 aliphatic rings. The highest BCUT2D eigenvalue weighted by Gasteiger charge is 2.36. The summed E-state index contributed by atoms with van der Waals surface area (Å²) in [6.07, 6.45) is -0.0844. The second kappa shape index (κ2) is 11.8. The Morgan fingerprint density at radius 2 is 1.26 bits per heavy atom. The number of nitrogens with one attached hydrogen (secondary N) is 2. The van der Waals surface area contributed by atoms with Crippen LogP contribution in [0.5, 0.6) is 0 Å². The van der Waals surface area contributed by atoms with Gasteiger partial charge in [-0.2, -0.15) is 26.8 Å². The first-order valence-electron chi connectivity index (χ1n) is 13.4. The quantitative estimate of drug-likeness (QED) is 0.110. The minimum Gasteiger partial charge on any atom is -0.397 e. The van der Waals surface area contributed by atoms with E-state index in [9.17, 15) is 35.5 Å². The number of carbonyl (C=O) groups is 2. The van der Waals surface area contributed by atoms with Crippen molar-refractivity contribution in [1.29, 1.82) is 0 Å². The van der Waals surface area contributed by atoms with E-state index in [0.29, 0.717) is 11.4 Å². The Labute approximate surface area is 272 Å². The zero-order valence-corrected chi connectivity index (χ0v) is 26.1. The van der Waals surface area contributed by atoms with E-state index in [1.54, 1.807) is 42.5 Å². The molecule has 0 radical (unpaired) electrons. The van der Waals surface area contributed by atoms with E-state index < -0.39 is 42.4 Å². The van der Waals surface area contributed by atoms with E-state index in [1.807, 2.05) is 0 Å². The molecule has 0 spiro atoms. The molecule has 47 heavy (non-hydrogen) atoms. The number of aromatic nitrogens is 3. The third kappa shape index (κ3) is 6.27. The van der Waals surface area contributed by atoms with Gasteiger partial charge in [-0.15, -0.1) is 0 Å². The van der Waals surface area contributed by atoms with E-state index >= 15 is 0 Å². The van der Waals surface area contributed by atoms with Crippen molar-refractivity contribution in [2.24, 2.45) is 0 Å². The third-order valence-electron chi connectivity index (χ3n) is 7.15. The fourth-order valence-corrected chi connectivity index (χ4v) is 6.67. The fraction of sp³-hybridized carbons (Fsp3) is 0.0333. The topological polar surface area (TPSA) is 232 Å². The van der Waals surface area contributed by atoms with Crippen molar-refractivity contribution >= 4 is 72.1 Å². The number of hydrogen-bond acceptors (Lipinski definition) is 12. The Morgan fingerprint density at radius 3 is 1.87 bits per heavy atom. The maximum Gasteiger partial charge on any atom is 0.296 e. The molecular weight excluding hydrogens is 672 g/mol. The zero-order valence-electron chi connectivity index (χ0n) is 23.7. The van der Waals surface area contributed by atoms with Crippen molar-refractivity contribution in [3.05, 3.63) is 118 Å². The van der Waals surface area contributed by atoms with Crippen LogP contribution in [0, 0.1) is 0 Å². The number of benzene rings is 4. The van der Waals surface area contributed by atoms with E-state index in [2.05, 4.69) is 25.6 Å². The average Bonchev–Trinajstić information content (AvgIpc) is 3.00. The molecule has 0 fully saturated rings. The molecule has 0 unspecified atom stereocenters. The van der Waals surface area contributed by atoms with Crippen LogP contribution in [0.2, 0.25) is 5.28 Å². The summed E-state index contributed by atoms with van der Waals surface area (Å²) in [6, 6.07) is 19.1. The van der Waals surface area contributed by atoms with Gasteiger partial charge in [-0.3, -0.25) is 18.7 Å². The van der Waals surface area contributed by atoms with Gasteiger partial charge in [-0.1, -0.05) is 42.5 Å². The number of rotatable bonds is 8. The van der Waals surface area contributed by atoms with Crippen molar-refractivity contribution in [2.45, 2.75) is 16.2 Å². The van der Waals surface area contributed by atoms with Gasteiger partial charge < -0.3 is 16.4 Å². The number of carbonyl (C=O) groups excluding carboxylic acids is 2. The Hall–Kier alpha value is -5.26. The second-order valence-electron chi connectivity index (χ2n) is 10.2. The highest BCUT2D eigenvalue weighted by atomic mass is 35.5. The molecule has 6 rings (SSSR count). The largest absolute Gasteiger partial charge is 0.397 e. The van der Waals surface area contributed by atoms with Gasteiger partial charge in [-0.05, 0) is 53.6 Å². The van der Waals surface area contributed by atoms with Crippen LogP contribution < -0.4 is 16.4 Å². The molecule has 0 amide bonds. The molecule has 1 heterocycles. The maximum atomic E-state index is 13.5. The molecule has 0 aliphatic heterocycles. The Morgan fingerprint density at radius 1 is 0.702 bits per heavy atom. The van der Waals surface area contributed by atoms with Gasteiger partial charge in [0, 0.05) is 28.9 Å². The van der Waals surface area contributed by atoms with Crippen molar-refractivity contribution in [3.63, 3.8) is 0 Å². The minimum atomic E-state index is -4.89. The lowest BCUT2D eigenvalue weighted by atomic mass is 9.82. The first-order valence-corrected chi connectivity index (χ1v) is 16.7. The van der Waals surface area contributed by atoms with Gasteiger partial charge in [-0.25, -0.2) is 4.98 Å². The summed E-state index contributed by atoms with van der Waals surface area (Å²) < 4.78 is 67.3. The number of nitrogens with zero attached hydrogens (tertiary/aromatic N) is 3. The molecule has 0 bridgehead atoms. The fourth-order valence-electron chi connectivity index (χ4n) is 5.13. The summed E-state index contributed by atoms with van der Waals surface area (Å²) in [6.45, 7) is 0. The molecule has 14 nitrogen and oxygen atoms in total. The van der Waals surface area contributed by atoms with Gasteiger partial charge in [0.05, 0.1) is 27.4 Å². The van der Waals surface area contributed by atoms with Gasteiger partial charge in [0.25, 0.3) is 20.2 Å². The number of nitrogen functional groups attached to an aromatic ring is 1. The molecule has 1 aromatic heterocycles. The number of anilines is 5. The van der Waals surface area contributed by atoms with Crippen molar-refractivity contribution in [3.8, 4) is 0 Å². The molecule has 0 saturated heterocycles. The van der Waals surface area contributed by atoms with Crippen LogP contribution >= 0.6 is 11.6 Å². The summed E-state index contributed by atoms with van der Waals surface area (Å²) in [4.78, 5) is 38.3. The summed E-state index contributed by atoms with van der Waals surface area (Å²) in [5, 5.41) is 5.71. The zero-order chi connectivity index (χ0) is 33.7. The molecule has 1 aliphatic carbocycles.